The molecule has 0 unspecified atom stereocenters. The monoisotopic (exact) mass is 582 g/mol. The Kier molecular flexibility index (Phi) is 8.43. The number of hydrogen-bond acceptors (Lipinski definition) is 7. The molecule has 2 aromatic heterocycles. The van der Waals surface area contributed by atoms with Crippen molar-refractivity contribution in [3.8, 4) is 23.0 Å². The van der Waals surface area contributed by atoms with Crippen LogP contribution < -0.4 is 20.2 Å². The van der Waals surface area contributed by atoms with E-state index < -0.39 is 17.1 Å². The number of phenols is 1. The minimum atomic E-state index is -0.837. The number of aromatic nitrogens is 1. The zero-order chi connectivity index (χ0) is 30.7. The molecule has 0 aliphatic carbocycles. The van der Waals surface area contributed by atoms with Crippen molar-refractivity contribution in [1.82, 2.24) is 10.3 Å². The molecule has 0 bridgehead atoms. The van der Waals surface area contributed by atoms with Crippen molar-refractivity contribution in [3.05, 3.63) is 117 Å². The molecule has 0 fully saturated rings. The number of methoxy groups -OCH3 is 2. The molecule has 2 atom stereocenters. The van der Waals surface area contributed by atoms with E-state index in [9.17, 15) is 19.8 Å². The minimum absolute atomic E-state index is 0.0351. The Morgan fingerprint density at radius 2 is 1.65 bits per heavy atom. The molecule has 0 spiro atoms. The number of nitrogens with one attached hydrogen (secondary N) is 2. The van der Waals surface area contributed by atoms with E-state index in [1.165, 1.54) is 19.2 Å². The van der Waals surface area contributed by atoms with Crippen LogP contribution in [0.1, 0.15) is 52.2 Å². The number of aromatic hydroxyl groups is 2. The van der Waals surface area contributed by atoms with Crippen molar-refractivity contribution in [1.29, 1.82) is 0 Å². The molecule has 2 heterocycles. The Hall–Kier alpha value is -5.18. The predicted octanol–water partition coefficient (Wildman–Crippen LogP) is 5.64. The average Bonchev–Trinajstić information content (AvgIpc) is 3.34. The fourth-order valence-corrected chi connectivity index (χ4v) is 5.58. The number of hydrogen-bond donors (Lipinski definition) is 4. The maximum Gasteiger partial charge on any atom is 0.227 e. The van der Waals surface area contributed by atoms with Crippen molar-refractivity contribution in [2.75, 3.05) is 20.8 Å². The highest BCUT2D eigenvalue weighted by Gasteiger charge is 2.28. The van der Waals surface area contributed by atoms with Gasteiger partial charge in [-0.15, -0.1) is 0 Å². The molecule has 9 heteroatoms. The lowest BCUT2D eigenvalue weighted by Gasteiger charge is -2.22. The predicted molar refractivity (Wildman–Crippen MR) is 163 cm³/mol. The molecule has 9 nitrogen and oxygen atoms in total. The van der Waals surface area contributed by atoms with Crippen molar-refractivity contribution in [3.63, 3.8) is 0 Å². The van der Waals surface area contributed by atoms with Crippen LogP contribution in [0.15, 0.2) is 82.0 Å². The van der Waals surface area contributed by atoms with E-state index in [1.54, 1.807) is 26.2 Å². The number of para-hydroxylation sites is 1. The Morgan fingerprint density at radius 3 is 2.37 bits per heavy atom. The Bertz CT molecular complexity index is 1820. The van der Waals surface area contributed by atoms with Crippen LogP contribution in [0.5, 0.6) is 23.0 Å². The molecule has 43 heavy (non-hydrogen) atoms. The Morgan fingerprint density at radius 1 is 0.930 bits per heavy atom. The molecule has 0 radical (unpaired) electrons. The van der Waals surface area contributed by atoms with Gasteiger partial charge in [0.15, 0.2) is 17.3 Å². The Balaban J connectivity index is 1.49. The van der Waals surface area contributed by atoms with Crippen LogP contribution >= 0.6 is 0 Å². The lowest BCUT2D eigenvalue weighted by atomic mass is 9.88. The molecule has 0 aliphatic heterocycles. The Labute approximate surface area is 248 Å². The van der Waals surface area contributed by atoms with E-state index in [0.717, 1.165) is 33.5 Å². The van der Waals surface area contributed by atoms with Crippen molar-refractivity contribution in [2.45, 2.75) is 32.1 Å². The van der Waals surface area contributed by atoms with Gasteiger partial charge in [-0.2, -0.15) is 0 Å². The first kappa shape index (κ1) is 29.3. The van der Waals surface area contributed by atoms with Gasteiger partial charge in [0.05, 0.1) is 20.1 Å². The molecule has 222 valence electrons. The highest BCUT2D eigenvalue weighted by molar-refractivity contribution is 5.86. The highest BCUT2D eigenvalue weighted by Crippen LogP contribution is 2.38. The van der Waals surface area contributed by atoms with Gasteiger partial charge in [0.25, 0.3) is 0 Å². The summed E-state index contributed by atoms with van der Waals surface area (Å²) in [7, 11) is 3.03. The van der Waals surface area contributed by atoms with Crippen LogP contribution in [0.2, 0.25) is 0 Å². The van der Waals surface area contributed by atoms with Crippen LogP contribution in [-0.4, -0.2) is 41.9 Å². The number of carbonyl (C=O) groups excluding carboxylic acids is 1. The summed E-state index contributed by atoms with van der Waals surface area (Å²) in [4.78, 5) is 29.6. The third kappa shape index (κ3) is 6.06. The van der Waals surface area contributed by atoms with Crippen molar-refractivity contribution >= 4 is 16.8 Å². The largest absolute Gasteiger partial charge is 0.504 e. The smallest absolute Gasteiger partial charge is 0.227 e. The number of carbonyl (C=O) groups is 1. The average molecular weight is 583 g/mol. The standard InChI is InChI=1S/C34H34N2O7/c1-19-15-29(38)33(40)34(43-19)25(22-11-14-28(37)30(16-22)42-4)17-31(39)35-18-26(21-9-12-23(41-3)13-10-21)32-20(2)36-27-8-6-5-7-24(27)32/h5-16,25-26,36-37,40H,17-18H2,1-4H3,(H,35,39)/t25-,26+/m0/s1. The van der Waals surface area contributed by atoms with E-state index >= 15 is 0 Å². The maximum absolute atomic E-state index is 13.6. The highest BCUT2D eigenvalue weighted by atomic mass is 16.5. The first-order valence-corrected chi connectivity index (χ1v) is 13.9. The molecule has 0 aliphatic rings. The van der Waals surface area contributed by atoms with Gasteiger partial charge in [-0.25, -0.2) is 0 Å². The normalized spacial score (nSPS) is 12.6. The van der Waals surface area contributed by atoms with Crippen LogP contribution in [0.4, 0.5) is 0 Å². The minimum Gasteiger partial charge on any atom is -0.504 e. The van der Waals surface area contributed by atoms with Gasteiger partial charge in [0.2, 0.25) is 17.1 Å². The third-order valence-electron chi connectivity index (χ3n) is 7.70. The van der Waals surface area contributed by atoms with Gasteiger partial charge in [0.1, 0.15) is 11.5 Å². The zero-order valence-corrected chi connectivity index (χ0v) is 24.4. The number of aryl methyl sites for hydroxylation is 2. The fourth-order valence-electron chi connectivity index (χ4n) is 5.58. The SMILES string of the molecule is COc1ccc([C@@H](CNC(=O)C[C@@H](c2ccc(O)c(OC)c2)c2oc(C)cc(=O)c2O)c2c(C)[nH]c3ccccc23)cc1. The summed E-state index contributed by atoms with van der Waals surface area (Å²) in [6.07, 6.45) is -0.143. The summed E-state index contributed by atoms with van der Waals surface area (Å²) in [5, 5.41) is 25.0. The van der Waals surface area contributed by atoms with Gasteiger partial charge in [-0.3, -0.25) is 9.59 Å². The number of rotatable bonds is 10. The summed E-state index contributed by atoms with van der Waals surface area (Å²) < 4.78 is 16.4. The second kappa shape index (κ2) is 12.4. The molecular weight excluding hydrogens is 548 g/mol. The number of ether oxygens (including phenoxy) is 2. The maximum atomic E-state index is 13.6. The van der Waals surface area contributed by atoms with Crippen LogP contribution in [0, 0.1) is 13.8 Å². The van der Waals surface area contributed by atoms with Crippen LogP contribution in [0.3, 0.4) is 0 Å². The first-order chi connectivity index (χ1) is 20.7. The van der Waals surface area contributed by atoms with Gasteiger partial charge < -0.3 is 34.4 Å². The number of benzene rings is 3. The lowest BCUT2D eigenvalue weighted by molar-refractivity contribution is -0.121. The number of aromatic amines is 1. The summed E-state index contributed by atoms with van der Waals surface area (Å²) >= 11 is 0. The number of phenolic OH excluding ortho intramolecular Hbond substituents is 1. The molecule has 3 aromatic carbocycles. The second-order valence-corrected chi connectivity index (χ2v) is 10.5. The van der Waals surface area contributed by atoms with E-state index in [2.05, 4.69) is 16.4 Å². The first-order valence-electron chi connectivity index (χ1n) is 13.9. The lowest BCUT2D eigenvalue weighted by Crippen LogP contribution is -2.30. The quantitative estimate of drug-likeness (QED) is 0.168. The van der Waals surface area contributed by atoms with E-state index in [0.29, 0.717) is 11.3 Å². The van der Waals surface area contributed by atoms with Gasteiger partial charge >= 0.3 is 0 Å². The molecule has 0 saturated heterocycles. The summed E-state index contributed by atoms with van der Waals surface area (Å²) in [5.74, 6) is -0.825. The fraction of sp³-hybridized carbons (Fsp3) is 0.235. The molecule has 0 saturated carbocycles. The summed E-state index contributed by atoms with van der Waals surface area (Å²) in [6.45, 7) is 3.90. The van der Waals surface area contributed by atoms with Crippen LogP contribution in [0.25, 0.3) is 10.9 Å². The molecule has 1 amide bonds. The van der Waals surface area contributed by atoms with Gasteiger partial charge in [-0.1, -0.05) is 36.4 Å². The van der Waals surface area contributed by atoms with Crippen molar-refractivity contribution < 1.29 is 28.9 Å². The topological polar surface area (TPSA) is 134 Å². The van der Waals surface area contributed by atoms with E-state index in [-0.39, 0.29) is 42.0 Å². The molecular formula is C34H34N2O7. The number of amides is 1. The molecule has 5 aromatic rings. The number of fused-ring (bicyclic) bond motifs is 1. The van der Waals surface area contributed by atoms with Gasteiger partial charge in [-0.05, 0) is 60.9 Å². The zero-order valence-electron chi connectivity index (χ0n) is 24.4. The van der Waals surface area contributed by atoms with Crippen LogP contribution in [-0.2, 0) is 4.79 Å². The third-order valence-corrected chi connectivity index (χ3v) is 7.70. The molecule has 5 rings (SSSR count). The summed E-state index contributed by atoms with van der Waals surface area (Å²) in [6, 6.07) is 21.6. The number of H-pyrrole nitrogens is 1. The summed E-state index contributed by atoms with van der Waals surface area (Å²) in [5.41, 5.74) is 3.99. The van der Waals surface area contributed by atoms with E-state index in [1.807, 2.05) is 49.4 Å². The van der Waals surface area contributed by atoms with E-state index in [4.69, 9.17) is 13.9 Å². The second-order valence-electron chi connectivity index (χ2n) is 10.5. The van der Waals surface area contributed by atoms with Gasteiger partial charge in [0, 0.05) is 41.5 Å². The molecule has 4 N–H and O–H groups in total. The van der Waals surface area contributed by atoms with Crippen molar-refractivity contribution in [2.24, 2.45) is 0 Å².